The third kappa shape index (κ3) is 8.09. The van der Waals surface area contributed by atoms with E-state index in [1.807, 2.05) is 0 Å². The van der Waals surface area contributed by atoms with Gasteiger partial charge in [0.15, 0.2) is 0 Å². The third-order valence-electron chi connectivity index (χ3n) is 1.08. The Hall–Kier alpha value is -0.0100. The highest BCUT2D eigenvalue weighted by Crippen LogP contribution is 2.08. The summed E-state index contributed by atoms with van der Waals surface area (Å²) in [4.78, 5) is 0. The van der Waals surface area contributed by atoms with Gasteiger partial charge in [-0.15, -0.1) is 23.2 Å². The molecule has 2 atom stereocenters. The van der Waals surface area contributed by atoms with Crippen molar-refractivity contribution in [3.63, 3.8) is 0 Å². The molecule has 0 radical (unpaired) electrons. The summed E-state index contributed by atoms with van der Waals surface area (Å²) in [5.41, 5.74) is 0. The molecular weight excluding hydrogens is 201 g/mol. The lowest BCUT2D eigenvalue weighted by Gasteiger charge is -1.94. The molecule has 0 aromatic heterocycles. The van der Waals surface area contributed by atoms with Crippen LogP contribution in [0.4, 0.5) is 0 Å². The molecule has 1 heterocycles. The molecule has 1 saturated heterocycles. The second-order valence-corrected chi connectivity index (χ2v) is 2.90. The van der Waals surface area contributed by atoms with Gasteiger partial charge in [0.2, 0.25) is 0 Å². The second kappa shape index (κ2) is 7.63. The number of aliphatic hydroxyl groups is 1. The first-order valence-electron chi connectivity index (χ1n) is 3.53. The number of halogens is 2. The Morgan fingerprint density at radius 1 is 1.67 bits per heavy atom. The first-order chi connectivity index (χ1) is 5.74. The highest BCUT2D eigenvalue weighted by molar-refractivity contribution is 6.18. The van der Waals surface area contributed by atoms with Gasteiger partial charge in [-0.25, -0.2) is 0 Å². The molecule has 0 amide bonds. The molecule has 0 aliphatic carbocycles. The normalized spacial score (nSPS) is 21.7. The maximum atomic E-state index is 8.50. The van der Waals surface area contributed by atoms with Crippen LogP contribution in [0.5, 0.6) is 0 Å². The van der Waals surface area contributed by atoms with Crippen molar-refractivity contribution in [3.8, 4) is 6.07 Å². The predicted molar refractivity (Wildman–Crippen MR) is 47.4 cm³/mol. The number of nitrogens with zero attached hydrogens (tertiary/aromatic N) is 1. The molecule has 0 spiro atoms. The van der Waals surface area contributed by atoms with E-state index in [4.69, 9.17) is 38.3 Å². The van der Waals surface area contributed by atoms with Crippen molar-refractivity contribution >= 4 is 23.2 Å². The van der Waals surface area contributed by atoms with Crippen LogP contribution in [-0.2, 0) is 4.74 Å². The third-order valence-corrected chi connectivity index (χ3v) is 1.78. The lowest BCUT2D eigenvalue weighted by molar-refractivity contribution is 0.203. The average Bonchev–Trinajstić information content (AvgIpc) is 2.88. The van der Waals surface area contributed by atoms with Crippen LogP contribution < -0.4 is 0 Å². The molecule has 1 rings (SSSR count). The van der Waals surface area contributed by atoms with Crippen LogP contribution in [0.25, 0.3) is 0 Å². The van der Waals surface area contributed by atoms with Gasteiger partial charge in [0.05, 0.1) is 37.2 Å². The van der Waals surface area contributed by atoms with Crippen LogP contribution in [0.2, 0.25) is 0 Å². The number of alkyl halides is 2. The fourth-order valence-corrected chi connectivity index (χ4v) is 0.604. The molecular formula is C7H11Cl2NO2. The van der Waals surface area contributed by atoms with Crippen LogP contribution in [-0.4, -0.2) is 35.7 Å². The van der Waals surface area contributed by atoms with Gasteiger partial charge in [0, 0.05) is 5.88 Å². The number of epoxide rings is 1. The quantitative estimate of drug-likeness (QED) is 0.563. The van der Waals surface area contributed by atoms with Crippen molar-refractivity contribution in [2.75, 3.05) is 18.4 Å². The molecule has 12 heavy (non-hydrogen) atoms. The predicted octanol–water partition coefficient (Wildman–Crippen LogP) is 1.12. The number of hydrogen-bond acceptors (Lipinski definition) is 3. The van der Waals surface area contributed by atoms with Crippen LogP contribution in [0.3, 0.4) is 0 Å². The minimum absolute atomic E-state index is 0.128. The molecule has 0 aromatic rings. The summed E-state index contributed by atoms with van der Waals surface area (Å²) in [6, 6.07) is 1.78. The van der Waals surface area contributed by atoms with Gasteiger partial charge in [-0.3, -0.25) is 0 Å². The molecule has 0 unspecified atom stereocenters. The van der Waals surface area contributed by atoms with Gasteiger partial charge < -0.3 is 9.84 Å². The summed E-state index contributed by atoms with van der Waals surface area (Å²) in [5, 5.41) is 16.4. The highest BCUT2D eigenvalue weighted by Gasteiger charge is 2.19. The largest absolute Gasteiger partial charge is 0.391 e. The van der Waals surface area contributed by atoms with Crippen LogP contribution in [0.15, 0.2) is 0 Å². The number of nitriles is 1. The average molecular weight is 212 g/mol. The molecule has 0 aromatic carbocycles. The van der Waals surface area contributed by atoms with E-state index >= 15 is 0 Å². The van der Waals surface area contributed by atoms with Gasteiger partial charge in [0.25, 0.3) is 0 Å². The summed E-state index contributed by atoms with van der Waals surface area (Å²) in [7, 11) is 0. The number of ether oxygens (including phenoxy) is 1. The maximum absolute atomic E-state index is 8.50. The summed E-state index contributed by atoms with van der Waals surface area (Å²) < 4.78 is 4.73. The molecule has 1 aliphatic rings. The van der Waals surface area contributed by atoms with Crippen molar-refractivity contribution in [2.45, 2.75) is 18.6 Å². The zero-order valence-corrected chi connectivity index (χ0v) is 8.05. The molecule has 0 bridgehead atoms. The van der Waals surface area contributed by atoms with Gasteiger partial charge >= 0.3 is 0 Å². The summed E-state index contributed by atoms with van der Waals surface area (Å²) >= 11 is 10.4. The number of aliphatic hydroxyl groups excluding tert-OH is 1. The smallest absolute Gasteiger partial charge is 0.0944 e. The Morgan fingerprint density at radius 3 is 2.33 bits per heavy atom. The lowest BCUT2D eigenvalue weighted by atomic mass is 10.3. The van der Waals surface area contributed by atoms with E-state index in [1.54, 1.807) is 6.07 Å². The minimum Gasteiger partial charge on any atom is -0.391 e. The highest BCUT2D eigenvalue weighted by atomic mass is 35.5. The van der Waals surface area contributed by atoms with Crippen molar-refractivity contribution < 1.29 is 9.84 Å². The summed E-state index contributed by atoms with van der Waals surface area (Å²) in [6.45, 7) is 0.878. The van der Waals surface area contributed by atoms with E-state index in [9.17, 15) is 0 Å². The van der Waals surface area contributed by atoms with Crippen LogP contribution in [0.1, 0.15) is 6.42 Å². The van der Waals surface area contributed by atoms with Gasteiger partial charge in [-0.2, -0.15) is 5.26 Å². The molecule has 5 heteroatoms. The number of rotatable bonds is 3. The summed E-state index contributed by atoms with van der Waals surface area (Å²) in [5.74, 6) is 0.813. The Labute approximate surface area is 81.8 Å². The van der Waals surface area contributed by atoms with E-state index in [1.165, 1.54) is 0 Å². The van der Waals surface area contributed by atoms with Crippen molar-refractivity contribution in [1.29, 1.82) is 5.26 Å². The van der Waals surface area contributed by atoms with E-state index in [0.717, 1.165) is 6.61 Å². The van der Waals surface area contributed by atoms with Crippen LogP contribution in [0, 0.1) is 11.3 Å². The Kier molecular flexibility index (Phi) is 7.62. The number of hydrogen-bond donors (Lipinski definition) is 1. The topological polar surface area (TPSA) is 56.5 Å². The van der Waals surface area contributed by atoms with Gasteiger partial charge in [0.1, 0.15) is 0 Å². The van der Waals surface area contributed by atoms with E-state index < -0.39 is 6.10 Å². The Bertz CT molecular complexity index is 145. The second-order valence-electron chi connectivity index (χ2n) is 2.28. The standard InChI is InChI=1S/C4H6ClNO.C3H5ClO/c5-3-4(7)1-2-6;4-1-3-2-5-3/h4,7H,1,3H2;3H,1-2H2/t4-;3-/m10/s1. The first-order valence-corrected chi connectivity index (χ1v) is 4.60. The Morgan fingerprint density at radius 2 is 2.25 bits per heavy atom. The fourth-order valence-electron chi connectivity index (χ4n) is 0.317. The van der Waals surface area contributed by atoms with Crippen LogP contribution >= 0.6 is 23.2 Å². The fraction of sp³-hybridized carbons (Fsp3) is 0.857. The summed E-state index contributed by atoms with van der Waals surface area (Å²) in [6.07, 6.45) is -0.118. The Balaban J connectivity index is 0.000000211. The van der Waals surface area contributed by atoms with E-state index in [2.05, 4.69) is 0 Å². The SMILES string of the molecule is ClC[C@H]1CO1.N#CC[C@@H](O)CCl. The van der Waals surface area contributed by atoms with E-state index in [-0.39, 0.29) is 12.3 Å². The minimum atomic E-state index is -0.647. The van der Waals surface area contributed by atoms with Crippen molar-refractivity contribution in [1.82, 2.24) is 0 Å². The molecule has 1 aliphatic heterocycles. The lowest BCUT2D eigenvalue weighted by Crippen LogP contribution is -2.05. The van der Waals surface area contributed by atoms with Gasteiger partial charge in [-0.1, -0.05) is 0 Å². The zero-order valence-electron chi connectivity index (χ0n) is 6.54. The zero-order chi connectivity index (χ0) is 9.40. The molecule has 1 fully saturated rings. The van der Waals surface area contributed by atoms with E-state index in [0.29, 0.717) is 12.0 Å². The molecule has 1 N–H and O–H groups in total. The first kappa shape index (κ1) is 12.0. The molecule has 70 valence electrons. The van der Waals surface area contributed by atoms with Crippen molar-refractivity contribution in [3.05, 3.63) is 0 Å². The molecule has 3 nitrogen and oxygen atoms in total. The van der Waals surface area contributed by atoms with Crippen molar-refractivity contribution in [2.24, 2.45) is 0 Å². The monoisotopic (exact) mass is 211 g/mol. The maximum Gasteiger partial charge on any atom is 0.0944 e. The molecule has 0 saturated carbocycles. The van der Waals surface area contributed by atoms with Gasteiger partial charge in [-0.05, 0) is 0 Å².